The second-order valence-corrected chi connectivity index (χ2v) is 4.67. The molecule has 0 unspecified atom stereocenters. The highest BCUT2D eigenvalue weighted by Gasteiger charge is 2.14. The maximum Gasteiger partial charge on any atom is 0.233 e. The van der Waals surface area contributed by atoms with Crippen LogP contribution in [0.3, 0.4) is 0 Å². The van der Waals surface area contributed by atoms with Gasteiger partial charge in [0, 0.05) is 18.7 Å². The first-order valence-corrected chi connectivity index (χ1v) is 6.87. The topological polar surface area (TPSA) is 76.7 Å². The quantitative estimate of drug-likeness (QED) is 0.757. The third-order valence-electron chi connectivity index (χ3n) is 2.64. The van der Waals surface area contributed by atoms with Gasteiger partial charge in [0.05, 0.1) is 24.9 Å². The zero-order valence-electron chi connectivity index (χ0n) is 12.3. The second kappa shape index (κ2) is 8.36. The van der Waals surface area contributed by atoms with E-state index in [2.05, 4.69) is 10.6 Å². The molecule has 6 nitrogen and oxygen atoms in total. The number of nitrogens with one attached hydrogen (secondary N) is 2. The molecule has 0 saturated carbocycles. The number of methoxy groups -OCH3 is 2. The van der Waals surface area contributed by atoms with Crippen LogP contribution >= 0.6 is 11.6 Å². The largest absolute Gasteiger partial charge is 0.495 e. The fourth-order valence-corrected chi connectivity index (χ4v) is 1.86. The van der Waals surface area contributed by atoms with E-state index in [0.717, 1.165) is 6.42 Å². The fourth-order valence-electron chi connectivity index (χ4n) is 1.63. The summed E-state index contributed by atoms with van der Waals surface area (Å²) in [6, 6.07) is 3.08. The molecule has 7 heteroatoms. The van der Waals surface area contributed by atoms with Crippen LogP contribution in [0.2, 0.25) is 5.02 Å². The lowest BCUT2D eigenvalue weighted by atomic mass is 10.2. The van der Waals surface area contributed by atoms with Gasteiger partial charge in [-0.3, -0.25) is 9.59 Å². The molecule has 1 rings (SSSR count). The SMILES string of the molecule is CCCNC(=O)CC(=O)Nc1cc(OC)c(Cl)cc1OC. The highest BCUT2D eigenvalue weighted by Crippen LogP contribution is 2.35. The lowest BCUT2D eigenvalue weighted by Gasteiger charge is -2.13. The summed E-state index contributed by atoms with van der Waals surface area (Å²) >= 11 is 5.98. The van der Waals surface area contributed by atoms with Crippen LogP contribution in [-0.2, 0) is 9.59 Å². The van der Waals surface area contributed by atoms with Crippen molar-refractivity contribution in [3.05, 3.63) is 17.2 Å². The Morgan fingerprint density at radius 2 is 1.81 bits per heavy atom. The standard InChI is InChI=1S/C14H19ClN2O4/c1-4-5-16-13(18)8-14(19)17-10-7-11(20-2)9(15)6-12(10)21-3/h6-7H,4-5,8H2,1-3H3,(H,16,18)(H,17,19). The number of hydrogen-bond donors (Lipinski definition) is 2. The maximum atomic E-state index is 11.8. The molecule has 0 radical (unpaired) electrons. The molecule has 0 aliphatic carbocycles. The monoisotopic (exact) mass is 314 g/mol. The summed E-state index contributed by atoms with van der Waals surface area (Å²) in [7, 11) is 2.93. The van der Waals surface area contributed by atoms with Crippen LogP contribution < -0.4 is 20.1 Å². The molecule has 0 spiro atoms. The highest BCUT2D eigenvalue weighted by atomic mass is 35.5. The van der Waals surface area contributed by atoms with E-state index < -0.39 is 5.91 Å². The van der Waals surface area contributed by atoms with Crippen molar-refractivity contribution in [2.24, 2.45) is 0 Å². The number of rotatable bonds is 7. The summed E-state index contributed by atoms with van der Waals surface area (Å²) in [5.41, 5.74) is 0.395. The van der Waals surface area contributed by atoms with Crippen molar-refractivity contribution in [2.45, 2.75) is 19.8 Å². The van der Waals surface area contributed by atoms with Gasteiger partial charge in [0.2, 0.25) is 11.8 Å². The Morgan fingerprint density at radius 3 is 2.38 bits per heavy atom. The number of halogens is 1. The lowest BCUT2D eigenvalue weighted by molar-refractivity contribution is -0.126. The number of carbonyl (C=O) groups is 2. The van der Waals surface area contributed by atoms with Gasteiger partial charge in [0.15, 0.2) is 0 Å². The predicted molar refractivity (Wildman–Crippen MR) is 81.1 cm³/mol. The number of benzene rings is 1. The zero-order chi connectivity index (χ0) is 15.8. The summed E-state index contributed by atoms with van der Waals surface area (Å²) in [4.78, 5) is 23.3. The minimum Gasteiger partial charge on any atom is -0.495 e. The van der Waals surface area contributed by atoms with Gasteiger partial charge in [-0.1, -0.05) is 18.5 Å². The van der Waals surface area contributed by atoms with E-state index in [9.17, 15) is 9.59 Å². The third kappa shape index (κ3) is 5.15. The molecule has 2 N–H and O–H groups in total. The molecule has 1 aromatic carbocycles. The van der Waals surface area contributed by atoms with Crippen molar-refractivity contribution >= 4 is 29.1 Å². The molecule has 21 heavy (non-hydrogen) atoms. The van der Waals surface area contributed by atoms with Crippen LogP contribution in [0.5, 0.6) is 11.5 Å². The number of carbonyl (C=O) groups excluding carboxylic acids is 2. The number of amides is 2. The average Bonchev–Trinajstić information content (AvgIpc) is 2.46. The molecule has 0 fully saturated rings. The summed E-state index contributed by atoms with van der Waals surface area (Å²) in [5.74, 6) is 0.0341. The van der Waals surface area contributed by atoms with Gasteiger partial charge in [-0.25, -0.2) is 0 Å². The predicted octanol–water partition coefficient (Wildman–Crippen LogP) is 2.21. The average molecular weight is 315 g/mol. The molecule has 0 aromatic heterocycles. The number of hydrogen-bond acceptors (Lipinski definition) is 4. The van der Waals surface area contributed by atoms with Crippen LogP contribution in [0.15, 0.2) is 12.1 Å². The minimum absolute atomic E-state index is 0.256. The Balaban J connectivity index is 2.77. The Bertz CT molecular complexity index is 520. The van der Waals surface area contributed by atoms with Crippen LogP contribution in [0.25, 0.3) is 0 Å². The third-order valence-corrected chi connectivity index (χ3v) is 2.94. The highest BCUT2D eigenvalue weighted by molar-refractivity contribution is 6.32. The normalized spacial score (nSPS) is 9.90. The van der Waals surface area contributed by atoms with Gasteiger partial charge >= 0.3 is 0 Å². The number of anilines is 1. The molecular formula is C14H19ClN2O4. The minimum atomic E-state index is -0.439. The molecule has 0 aliphatic rings. The van der Waals surface area contributed by atoms with Crippen LogP contribution in [0.1, 0.15) is 19.8 Å². The van der Waals surface area contributed by atoms with Gasteiger partial charge in [0.1, 0.15) is 17.9 Å². The first-order chi connectivity index (χ1) is 10.0. The Hall–Kier alpha value is -1.95. The first kappa shape index (κ1) is 17.1. The smallest absolute Gasteiger partial charge is 0.233 e. The lowest BCUT2D eigenvalue weighted by Crippen LogP contribution is -2.28. The van der Waals surface area contributed by atoms with E-state index in [1.54, 1.807) is 6.07 Å². The van der Waals surface area contributed by atoms with E-state index in [4.69, 9.17) is 21.1 Å². The Kier molecular flexibility index (Phi) is 6.81. The fraction of sp³-hybridized carbons (Fsp3) is 0.429. The molecule has 1 aromatic rings. The van der Waals surface area contributed by atoms with Gasteiger partial charge in [0.25, 0.3) is 0 Å². The van der Waals surface area contributed by atoms with E-state index in [1.165, 1.54) is 20.3 Å². The molecular weight excluding hydrogens is 296 g/mol. The van der Waals surface area contributed by atoms with Crippen LogP contribution in [0.4, 0.5) is 5.69 Å². The van der Waals surface area contributed by atoms with E-state index in [-0.39, 0.29) is 12.3 Å². The van der Waals surface area contributed by atoms with E-state index >= 15 is 0 Å². The maximum absolute atomic E-state index is 11.8. The van der Waals surface area contributed by atoms with Crippen molar-refractivity contribution < 1.29 is 19.1 Å². The van der Waals surface area contributed by atoms with Crippen molar-refractivity contribution in [1.82, 2.24) is 5.32 Å². The second-order valence-electron chi connectivity index (χ2n) is 4.26. The molecule has 0 atom stereocenters. The molecule has 0 heterocycles. The van der Waals surface area contributed by atoms with Crippen molar-refractivity contribution in [1.29, 1.82) is 0 Å². The molecule has 2 amide bonds. The van der Waals surface area contributed by atoms with E-state index in [1.807, 2.05) is 6.92 Å². The number of ether oxygens (including phenoxy) is 2. The van der Waals surface area contributed by atoms with Gasteiger partial charge in [-0.15, -0.1) is 0 Å². The summed E-state index contributed by atoms with van der Waals surface area (Å²) in [6.07, 6.45) is 0.559. The van der Waals surface area contributed by atoms with Gasteiger partial charge in [-0.2, -0.15) is 0 Å². The van der Waals surface area contributed by atoms with Crippen LogP contribution in [-0.4, -0.2) is 32.6 Å². The molecule has 0 saturated heterocycles. The zero-order valence-corrected chi connectivity index (χ0v) is 13.0. The first-order valence-electron chi connectivity index (χ1n) is 6.49. The van der Waals surface area contributed by atoms with Crippen molar-refractivity contribution in [2.75, 3.05) is 26.1 Å². The molecule has 0 aliphatic heterocycles. The summed E-state index contributed by atoms with van der Waals surface area (Å²) in [6.45, 7) is 2.48. The Morgan fingerprint density at radius 1 is 1.14 bits per heavy atom. The molecule has 116 valence electrons. The Labute approximate surface area is 128 Å². The molecule has 0 bridgehead atoms. The van der Waals surface area contributed by atoms with Gasteiger partial charge < -0.3 is 20.1 Å². The van der Waals surface area contributed by atoms with E-state index in [0.29, 0.717) is 28.8 Å². The van der Waals surface area contributed by atoms with Gasteiger partial charge in [-0.05, 0) is 6.42 Å². The van der Waals surface area contributed by atoms with Crippen molar-refractivity contribution in [3.8, 4) is 11.5 Å². The van der Waals surface area contributed by atoms with Crippen molar-refractivity contribution in [3.63, 3.8) is 0 Å². The van der Waals surface area contributed by atoms with Crippen LogP contribution in [0, 0.1) is 0 Å². The summed E-state index contributed by atoms with van der Waals surface area (Å²) in [5, 5.41) is 5.61. The summed E-state index contributed by atoms with van der Waals surface area (Å²) < 4.78 is 10.2.